The average Bonchev–Trinajstić information content (AvgIpc) is 2.82. The van der Waals surface area contributed by atoms with Crippen molar-refractivity contribution in [3.8, 4) is 0 Å². The van der Waals surface area contributed by atoms with Gasteiger partial charge in [-0.2, -0.15) is 0 Å². The van der Waals surface area contributed by atoms with Crippen molar-refractivity contribution in [2.24, 2.45) is 11.8 Å². The summed E-state index contributed by atoms with van der Waals surface area (Å²) >= 11 is 0. The maximum Gasteiger partial charge on any atom is 0.232 e. The fourth-order valence-electron chi connectivity index (χ4n) is 2.17. The van der Waals surface area contributed by atoms with Crippen molar-refractivity contribution in [2.75, 3.05) is 18.6 Å². The molecular weight excluding hydrogens is 242 g/mol. The number of amides is 1. The molecule has 1 unspecified atom stereocenters. The molecule has 19 heavy (non-hydrogen) atoms. The molecule has 102 valence electrons. The van der Waals surface area contributed by atoms with Crippen LogP contribution in [0.25, 0.3) is 11.0 Å². The van der Waals surface area contributed by atoms with Crippen LogP contribution in [0.1, 0.15) is 13.8 Å². The largest absolute Gasteiger partial charge is 0.462 e. The number of nitrogens with zero attached hydrogens (tertiary/aromatic N) is 1. The first-order valence-electron chi connectivity index (χ1n) is 6.41. The third-order valence-electron chi connectivity index (χ3n) is 3.47. The molecule has 1 heterocycles. The van der Waals surface area contributed by atoms with Crippen LogP contribution in [-0.4, -0.2) is 24.7 Å². The molecule has 4 nitrogen and oxygen atoms in total. The first-order valence-corrected chi connectivity index (χ1v) is 6.41. The molecule has 0 saturated carbocycles. The summed E-state index contributed by atoms with van der Waals surface area (Å²) in [5.41, 5.74) is 1.49. The Morgan fingerprint density at radius 2 is 2.05 bits per heavy atom. The second-order valence-electron chi connectivity index (χ2n) is 5.05. The Morgan fingerprint density at radius 1 is 1.37 bits per heavy atom. The quantitative estimate of drug-likeness (QED) is 0.920. The van der Waals surface area contributed by atoms with Gasteiger partial charge in [-0.05, 0) is 18.1 Å². The number of anilines is 1. The van der Waals surface area contributed by atoms with E-state index < -0.39 is 5.92 Å². The first kappa shape index (κ1) is 13.6. The highest BCUT2D eigenvalue weighted by Crippen LogP contribution is 2.29. The summed E-state index contributed by atoms with van der Waals surface area (Å²) in [7, 11) is 1.71. The number of rotatable bonds is 4. The minimum Gasteiger partial charge on any atom is -0.462 e. The second-order valence-corrected chi connectivity index (χ2v) is 5.05. The fourth-order valence-corrected chi connectivity index (χ4v) is 2.17. The Balaban J connectivity index is 2.33. The van der Waals surface area contributed by atoms with E-state index in [0.29, 0.717) is 0 Å². The lowest BCUT2D eigenvalue weighted by molar-refractivity contribution is -0.124. The van der Waals surface area contributed by atoms with Crippen molar-refractivity contribution in [2.45, 2.75) is 13.8 Å². The summed E-state index contributed by atoms with van der Waals surface area (Å²) in [5, 5.41) is 10.3. The monoisotopic (exact) mass is 261 g/mol. The minimum atomic E-state index is -0.390. The topological polar surface area (TPSA) is 53.7 Å². The highest BCUT2D eigenvalue weighted by atomic mass is 16.3. The molecule has 1 N–H and O–H groups in total. The molecule has 2 aromatic rings. The normalized spacial score (nSPS) is 12.9. The average molecular weight is 261 g/mol. The Labute approximate surface area is 112 Å². The zero-order valence-corrected chi connectivity index (χ0v) is 11.5. The van der Waals surface area contributed by atoms with Gasteiger partial charge in [0.1, 0.15) is 11.8 Å². The number of hydrogen-bond donors (Lipinski definition) is 1. The van der Waals surface area contributed by atoms with E-state index in [1.165, 1.54) is 0 Å². The minimum absolute atomic E-state index is 0.0935. The molecule has 2 rings (SSSR count). The lowest BCUT2D eigenvalue weighted by Gasteiger charge is -2.24. The van der Waals surface area contributed by atoms with E-state index in [2.05, 4.69) is 0 Å². The van der Waals surface area contributed by atoms with Gasteiger partial charge in [-0.3, -0.25) is 4.79 Å². The molecule has 0 aliphatic rings. The van der Waals surface area contributed by atoms with Crippen molar-refractivity contribution in [3.63, 3.8) is 0 Å². The van der Waals surface area contributed by atoms with Crippen molar-refractivity contribution in [3.05, 3.63) is 30.5 Å². The van der Waals surface area contributed by atoms with Gasteiger partial charge in [0.05, 0.1) is 18.2 Å². The number of para-hydroxylation sites is 1. The Kier molecular flexibility index (Phi) is 3.90. The number of carbonyl (C=O) groups excluding carboxylic acids is 1. The van der Waals surface area contributed by atoms with Gasteiger partial charge in [-0.25, -0.2) is 0 Å². The molecular formula is C15H19NO3. The van der Waals surface area contributed by atoms with Gasteiger partial charge in [-0.15, -0.1) is 0 Å². The molecule has 1 aromatic heterocycles. The van der Waals surface area contributed by atoms with Gasteiger partial charge in [0.25, 0.3) is 0 Å². The van der Waals surface area contributed by atoms with Gasteiger partial charge in [-0.1, -0.05) is 26.0 Å². The highest BCUT2D eigenvalue weighted by molar-refractivity contribution is 6.02. The zero-order valence-electron chi connectivity index (χ0n) is 11.5. The first-order chi connectivity index (χ1) is 9.06. The maximum atomic E-state index is 12.4. The molecule has 4 heteroatoms. The lowest BCUT2D eigenvalue weighted by atomic mass is 9.95. The highest BCUT2D eigenvalue weighted by Gasteiger charge is 2.26. The molecule has 0 aliphatic heterocycles. The zero-order chi connectivity index (χ0) is 14.0. The van der Waals surface area contributed by atoms with Crippen LogP contribution in [0.4, 0.5) is 5.69 Å². The van der Waals surface area contributed by atoms with Gasteiger partial charge in [0.15, 0.2) is 0 Å². The summed E-state index contributed by atoms with van der Waals surface area (Å²) in [4.78, 5) is 13.9. The van der Waals surface area contributed by atoms with E-state index in [0.717, 1.165) is 16.7 Å². The third kappa shape index (κ3) is 2.49. The number of benzene rings is 1. The Morgan fingerprint density at radius 3 is 2.68 bits per heavy atom. The SMILES string of the molecule is CC(C)C(CO)C(=O)N(C)c1coc2ccccc12. The van der Waals surface area contributed by atoms with E-state index in [4.69, 9.17) is 4.42 Å². The van der Waals surface area contributed by atoms with Crippen LogP contribution < -0.4 is 4.90 Å². The number of aliphatic hydroxyl groups excluding tert-OH is 1. The van der Waals surface area contributed by atoms with Gasteiger partial charge < -0.3 is 14.4 Å². The molecule has 1 atom stereocenters. The van der Waals surface area contributed by atoms with Crippen LogP contribution in [0.2, 0.25) is 0 Å². The van der Waals surface area contributed by atoms with Crippen molar-refractivity contribution in [1.29, 1.82) is 0 Å². The number of aliphatic hydroxyl groups is 1. The van der Waals surface area contributed by atoms with Crippen LogP contribution in [0.15, 0.2) is 34.9 Å². The van der Waals surface area contributed by atoms with Crippen LogP contribution in [0, 0.1) is 11.8 Å². The summed E-state index contributed by atoms with van der Waals surface area (Å²) in [6.45, 7) is 3.72. The van der Waals surface area contributed by atoms with E-state index in [1.807, 2.05) is 38.1 Å². The molecule has 0 fully saturated rings. The van der Waals surface area contributed by atoms with Crippen molar-refractivity contribution >= 4 is 22.6 Å². The number of fused-ring (bicyclic) bond motifs is 1. The van der Waals surface area contributed by atoms with Gasteiger partial charge in [0.2, 0.25) is 5.91 Å². The number of carbonyl (C=O) groups is 1. The predicted molar refractivity (Wildman–Crippen MR) is 75.0 cm³/mol. The number of hydrogen-bond acceptors (Lipinski definition) is 3. The van der Waals surface area contributed by atoms with Gasteiger partial charge >= 0.3 is 0 Å². The van der Waals surface area contributed by atoms with Crippen LogP contribution >= 0.6 is 0 Å². The Hall–Kier alpha value is -1.81. The van der Waals surface area contributed by atoms with E-state index in [9.17, 15) is 9.90 Å². The van der Waals surface area contributed by atoms with Crippen LogP contribution in [0.3, 0.4) is 0 Å². The molecule has 0 aliphatic carbocycles. The molecule has 0 spiro atoms. The standard InChI is InChI=1S/C15H19NO3/c1-10(2)12(8-17)15(18)16(3)13-9-19-14-7-5-4-6-11(13)14/h4-7,9-10,12,17H,8H2,1-3H3. The summed E-state index contributed by atoms with van der Waals surface area (Å²) in [6, 6.07) is 7.58. The Bertz CT molecular complexity index is 574. The van der Waals surface area contributed by atoms with Gasteiger partial charge in [0, 0.05) is 12.4 Å². The van der Waals surface area contributed by atoms with E-state index in [1.54, 1.807) is 18.2 Å². The van der Waals surface area contributed by atoms with E-state index in [-0.39, 0.29) is 18.4 Å². The fraction of sp³-hybridized carbons (Fsp3) is 0.400. The maximum absolute atomic E-state index is 12.4. The van der Waals surface area contributed by atoms with Crippen molar-refractivity contribution in [1.82, 2.24) is 0 Å². The molecule has 1 aromatic carbocycles. The number of furan rings is 1. The molecule has 0 radical (unpaired) electrons. The van der Waals surface area contributed by atoms with E-state index >= 15 is 0 Å². The smallest absolute Gasteiger partial charge is 0.232 e. The van der Waals surface area contributed by atoms with Crippen LogP contribution in [-0.2, 0) is 4.79 Å². The van der Waals surface area contributed by atoms with Crippen LogP contribution in [0.5, 0.6) is 0 Å². The molecule has 0 bridgehead atoms. The predicted octanol–water partition coefficient (Wildman–Crippen LogP) is 2.66. The summed E-state index contributed by atoms with van der Waals surface area (Å²) in [6.07, 6.45) is 1.58. The molecule has 0 saturated heterocycles. The van der Waals surface area contributed by atoms with Crippen molar-refractivity contribution < 1.29 is 14.3 Å². The third-order valence-corrected chi connectivity index (χ3v) is 3.47. The summed E-state index contributed by atoms with van der Waals surface area (Å²) in [5.74, 6) is -0.388. The second kappa shape index (κ2) is 5.45. The lowest BCUT2D eigenvalue weighted by Crippen LogP contribution is -2.37. The summed E-state index contributed by atoms with van der Waals surface area (Å²) < 4.78 is 5.44. The molecule has 1 amide bonds.